The van der Waals surface area contributed by atoms with Crippen molar-refractivity contribution < 1.29 is 19.5 Å². The molecule has 1 saturated heterocycles. The van der Waals surface area contributed by atoms with Gasteiger partial charge < -0.3 is 26.0 Å². The minimum Gasteiger partial charge on any atom is -0.481 e. The van der Waals surface area contributed by atoms with Gasteiger partial charge in [0.05, 0.1) is 12.1 Å². The maximum atomic E-state index is 12.7. The van der Waals surface area contributed by atoms with Gasteiger partial charge in [-0.25, -0.2) is 0 Å². The van der Waals surface area contributed by atoms with Crippen molar-refractivity contribution >= 4 is 17.8 Å². The third-order valence-corrected chi connectivity index (χ3v) is 5.32. The molecule has 2 heterocycles. The molecule has 2 aliphatic rings. The van der Waals surface area contributed by atoms with E-state index in [1.54, 1.807) is 23.1 Å². The van der Waals surface area contributed by atoms with Crippen molar-refractivity contribution in [2.75, 3.05) is 26.2 Å². The van der Waals surface area contributed by atoms with Crippen LogP contribution in [-0.4, -0.2) is 60.1 Å². The van der Waals surface area contributed by atoms with Gasteiger partial charge >= 0.3 is 5.97 Å². The van der Waals surface area contributed by atoms with Crippen LogP contribution >= 0.6 is 0 Å². The summed E-state index contributed by atoms with van der Waals surface area (Å²) in [5, 5.41) is 18.4. The van der Waals surface area contributed by atoms with Crippen LogP contribution in [0.5, 0.6) is 0 Å². The van der Waals surface area contributed by atoms with Crippen molar-refractivity contribution in [1.82, 2.24) is 20.9 Å². The Kier molecular flexibility index (Phi) is 6.64. The summed E-state index contributed by atoms with van der Waals surface area (Å²) in [5.74, 6) is -2.06. The quantitative estimate of drug-likeness (QED) is 0.524. The highest BCUT2D eigenvalue weighted by Gasteiger charge is 2.28. The van der Waals surface area contributed by atoms with Gasteiger partial charge in [0.2, 0.25) is 0 Å². The third-order valence-electron chi connectivity index (χ3n) is 5.32. The standard InChI is InChI=1S/C20H28N4O4/c1-13(20(27)28)11-23-18(25)14-5-6-15-12-24(19(26)16(15)10-14)9-8-22-17-4-2-3-7-21-17/h5-6,10,13,17,21-22H,2-4,7-9,11-12H2,1H3,(H,23,25)(H,27,28)/t13-,17?/m0/s1. The van der Waals surface area contributed by atoms with Crippen molar-refractivity contribution in [2.24, 2.45) is 5.92 Å². The van der Waals surface area contributed by atoms with Gasteiger partial charge in [0.1, 0.15) is 0 Å². The van der Waals surface area contributed by atoms with E-state index in [9.17, 15) is 14.4 Å². The SMILES string of the molecule is C[C@@H](CNC(=O)c1ccc2c(c1)C(=O)N(CCNC1CCCCN1)C2)C(=O)O. The summed E-state index contributed by atoms with van der Waals surface area (Å²) in [6.07, 6.45) is 3.85. The number of carboxylic acids is 1. The van der Waals surface area contributed by atoms with E-state index in [4.69, 9.17) is 5.11 Å². The Morgan fingerprint density at radius 3 is 2.89 bits per heavy atom. The topological polar surface area (TPSA) is 111 Å². The fraction of sp³-hybridized carbons (Fsp3) is 0.550. The number of hydrogen-bond donors (Lipinski definition) is 4. The number of aliphatic carboxylic acids is 1. The molecule has 1 aromatic carbocycles. The molecule has 0 radical (unpaired) electrons. The van der Waals surface area contributed by atoms with Gasteiger partial charge in [-0.15, -0.1) is 0 Å². The van der Waals surface area contributed by atoms with Crippen LogP contribution in [0.15, 0.2) is 18.2 Å². The minimum absolute atomic E-state index is 0.0478. The molecule has 2 aliphatic heterocycles. The zero-order valence-corrected chi connectivity index (χ0v) is 16.2. The Bertz CT molecular complexity index is 746. The normalized spacial score (nSPS) is 20.0. The molecule has 3 rings (SSSR count). The Labute approximate surface area is 164 Å². The largest absolute Gasteiger partial charge is 0.481 e. The van der Waals surface area contributed by atoms with Crippen LogP contribution in [0.4, 0.5) is 0 Å². The second kappa shape index (κ2) is 9.16. The number of carboxylic acid groups (broad SMARTS) is 1. The number of carbonyl (C=O) groups excluding carboxylic acids is 2. The molecule has 1 aromatic rings. The average Bonchev–Trinajstić information content (AvgIpc) is 3.01. The molecule has 2 atom stereocenters. The molecular formula is C20H28N4O4. The molecule has 4 N–H and O–H groups in total. The molecule has 152 valence electrons. The number of fused-ring (bicyclic) bond motifs is 1. The molecule has 2 amide bonds. The summed E-state index contributed by atoms with van der Waals surface area (Å²) in [5.41, 5.74) is 1.84. The first-order valence-corrected chi connectivity index (χ1v) is 9.85. The summed E-state index contributed by atoms with van der Waals surface area (Å²) in [7, 11) is 0. The predicted octanol–water partition coefficient (Wildman–Crippen LogP) is 0.782. The number of hydrogen-bond acceptors (Lipinski definition) is 5. The summed E-state index contributed by atoms with van der Waals surface area (Å²) in [6, 6.07) is 5.09. The lowest BCUT2D eigenvalue weighted by molar-refractivity contribution is -0.140. The van der Waals surface area contributed by atoms with Gasteiger partial charge in [-0.1, -0.05) is 13.0 Å². The summed E-state index contributed by atoms with van der Waals surface area (Å²) in [6.45, 7) is 4.49. The number of nitrogens with zero attached hydrogens (tertiary/aromatic N) is 1. The van der Waals surface area contributed by atoms with Crippen molar-refractivity contribution in [3.05, 3.63) is 34.9 Å². The van der Waals surface area contributed by atoms with Crippen molar-refractivity contribution in [1.29, 1.82) is 0 Å². The van der Waals surface area contributed by atoms with Gasteiger partial charge in [-0.2, -0.15) is 0 Å². The maximum Gasteiger partial charge on any atom is 0.308 e. The van der Waals surface area contributed by atoms with E-state index in [-0.39, 0.29) is 18.4 Å². The van der Waals surface area contributed by atoms with Crippen molar-refractivity contribution in [2.45, 2.75) is 38.9 Å². The molecule has 8 heteroatoms. The lowest BCUT2D eigenvalue weighted by atomic mass is 10.1. The maximum absolute atomic E-state index is 12.7. The van der Waals surface area contributed by atoms with E-state index in [0.717, 1.165) is 25.1 Å². The Balaban J connectivity index is 1.53. The van der Waals surface area contributed by atoms with Crippen LogP contribution < -0.4 is 16.0 Å². The Morgan fingerprint density at radius 1 is 1.36 bits per heavy atom. The Hall–Kier alpha value is -2.45. The van der Waals surface area contributed by atoms with Gasteiger partial charge in [-0.3, -0.25) is 14.4 Å². The highest BCUT2D eigenvalue weighted by molar-refractivity contribution is 6.02. The molecule has 28 heavy (non-hydrogen) atoms. The second-order valence-corrected chi connectivity index (χ2v) is 7.50. The van der Waals surface area contributed by atoms with Crippen LogP contribution in [0.2, 0.25) is 0 Å². The van der Waals surface area contributed by atoms with E-state index in [0.29, 0.717) is 30.4 Å². The summed E-state index contributed by atoms with van der Waals surface area (Å²) < 4.78 is 0. The predicted molar refractivity (Wildman–Crippen MR) is 104 cm³/mol. The van der Waals surface area contributed by atoms with Crippen LogP contribution in [0.1, 0.15) is 52.5 Å². The number of nitrogens with one attached hydrogen (secondary N) is 3. The van der Waals surface area contributed by atoms with Crippen molar-refractivity contribution in [3.8, 4) is 0 Å². The zero-order chi connectivity index (χ0) is 20.1. The molecule has 1 unspecified atom stereocenters. The molecule has 8 nitrogen and oxygen atoms in total. The van der Waals surface area contributed by atoms with Crippen LogP contribution in [-0.2, 0) is 11.3 Å². The number of piperidine rings is 1. The van der Waals surface area contributed by atoms with Gasteiger partial charge in [0.15, 0.2) is 0 Å². The molecule has 0 aliphatic carbocycles. The van der Waals surface area contributed by atoms with E-state index in [1.807, 2.05) is 0 Å². The monoisotopic (exact) mass is 388 g/mol. The fourth-order valence-electron chi connectivity index (χ4n) is 3.52. The molecule has 0 bridgehead atoms. The third kappa shape index (κ3) is 4.88. The zero-order valence-electron chi connectivity index (χ0n) is 16.2. The fourth-order valence-corrected chi connectivity index (χ4v) is 3.52. The van der Waals surface area contributed by atoms with Crippen LogP contribution in [0, 0.1) is 5.92 Å². The lowest BCUT2D eigenvalue weighted by Gasteiger charge is -2.25. The van der Waals surface area contributed by atoms with E-state index in [2.05, 4.69) is 16.0 Å². The first-order valence-electron chi connectivity index (χ1n) is 9.85. The number of amides is 2. The van der Waals surface area contributed by atoms with E-state index >= 15 is 0 Å². The van der Waals surface area contributed by atoms with Crippen molar-refractivity contribution in [3.63, 3.8) is 0 Å². The molecule has 0 saturated carbocycles. The van der Waals surface area contributed by atoms with E-state index < -0.39 is 11.9 Å². The summed E-state index contributed by atoms with van der Waals surface area (Å²) in [4.78, 5) is 37.6. The number of benzene rings is 1. The molecular weight excluding hydrogens is 360 g/mol. The summed E-state index contributed by atoms with van der Waals surface area (Å²) >= 11 is 0. The first kappa shape index (κ1) is 20.3. The number of carbonyl (C=O) groups is 3. The lowest BCUT2D eigenvalue weighted by Crippen LogP contribution is -2.47. The number of rotatable bonds is 8. The average molecular weight is 388 g/mol. The second-order valence-electron chi connectivity index (χ2n) is 7.50. The van der Waals surface area contributed by atoms with Crippen LogP contribution in [0.3, 0.4) is 0 Å². The first-order chi connectivity index (χ1) is 13.5. The van der Waals surface area contributed by atoms with Gasteiger partial charge in [0.25, 0.3) is 11.8 Å². The molecule has 1 fully saturated rings. The van der Waals surface area contributed by atoms with Gasteiger partial charge in [0, 0.05) is 37.3 Å². The van der Waals surface area contributed by atoms with E-state index in [1.165, 1.54) is 19.8 Å². The Morgan fingerprint density at radius 2 is 2.18 bits per heavy atom. The minimum atomic E-state index is -0.961. The smallest absolute Gasteiger partial charge is 0.308 e. The van der Waals surface area contributed by atoms with Crippen LogP contribution in [0.25, 0.3) is 0 Å². The highest BCUT2D eigenvalue weighted by Crippen LogP contribution is 2.23. The highest BCUT2D eigenvalue weighted by atomic mass is 16.4. The van der Waals surface area contributed by atoms with Gasteiger partial charge in [-0.05, 0) is 43.5 Å². The molecule has 0 spiro atoms. The molecule has 0 aromatic heterocycles.